The van der Waals surface area contributed by atoms with Crippen LogP contribution in [0.5, 0.6) is 0 Å². The van der Waals surface area contributed by atoms with Gasteiger partial charge in [0, 0.05) is 0 Å². The summed E-state index contributed by atoms with van der Waals surface area (Å²) in [7, 11) is 0. The van der Waals surface area contributed by atoms with Gasteiger partial charge in [-0.25, -0.2) is 0 Å². The van der Waals surface area contributed by atoms with E-state index in [1.807, 2.05) is 0 Å². The van der Waals surface area contributed by atoms with Crippen molar-refractivity contribution >= 4 is 0 Å². The molecule has 2 atom stereocenters. The predicted octanol–water partition coefficient (Wildman–Crippen LogP) is 13.6. The maximum absolute atomic E-state index is 2.49. The highest BCUT2D eigenvalue weighted by Gasteiger charge is 2.03. The van der Waals surface area contributed by atoms with Crippen molar-refractivity contribution in [2.45, 2.75) is 214 Å². The molecule has 0 nitrogen and oxygen atoms in total. The van der Waals surface area contributed by atoms with E-state index in [9.17, 15) is 0 Å². The lowest BCUT2D eigenvalue weighted by Gasteiger charge is -2.12. The Morgan fingerprint density at radius 3 is 0.800 bits per heavy atom. The van der Waals surface area contributed by atoms with E-state index in [1.54, 1.807) is 0 Å². The molecule has 0 heterocycles. The molecule has 0 rings (SSSR count). The molecule has 0 aliphatic rings. The van der Waals surface area contributed by atoms with E-state index in [4.69, 9.17) is 0 Å². The van der Waals surface area contributed by atoms with Crippen LogP contribution in [0.15, 0.2) is 0 Å². The SMILES string of the molecule is CCCCCCCCCCCCCCCCCCCCCCCCC(C)CCCCCC(C)CC. The standard InChI is InChI=1S/C35H72/c1-5-7-8-9-10-11-12-13-14-15-16-17-18-19-20-21-22-23-24-25-26-28-32-35(4)33-30-27-29-31-34(3)6-2/h34-35H,5-33H2,1-4H3. The largest absolute Gasteiger partial charge is 0.0654 e. The fraction of sp³-hybridized carbons (Fsp3) is 1.00. The second-order valence-electron chi connectivity index (χ2n) is 12.5. The molecule has 0 saturated carbocycles. The normalized spacial score (nSPS) is 13.4. The van der Waals surface area contributed by atoms with Crippen LogP contribution in [0.25, 0.3) is 0 Å². The molecule has 2 unspecified atom stereocenters. The van der Waals surface area contributed by atoms with E-state index in [1.165, 1.54) is 186 Å². The quantitative estimate of drug-likeness (QED) is 0.0874. The first kappa shape index (κ1) is 35.0. The molecule has 0 N–H and O–H groups in total. The van der Waals surface area contributed by atoms with Crippen molar-refractivity contribution in [3.63, 3.8) is 0 Å². The van der Waals surface area contributed by atoms with Crippen molar-refractivity contribution in [2.24, 2.45) is 11.8 Å². The average molecular weight is 493 g/mol. The summed E-state index contributed by atoms with van der Waals surface area (Å²) in [5.74, 6) is 1.90. The average Bonchev–Trinajstić information content (AvgIpc) is 2.86. The molecule has 212 valence electrons. The van der Waals surface area contributed by atoms with Gasteiger partial charge in [-0.3, -0.25) is 0 Å². The summed E-state index contributed by atoms with van der Waals surface area (Å²) in [4.78, 5) is 0. The van der Waals surface area contributed by atoms with Gasteiger partial charge >= 0.3 is 0 Å². The van der Waals surface area contributed by atoms with Gasteiger partial charge in [0.05, 0.1) is 0 Å². The zero-order valence-electron chi connectivity index (χ0n) is 25.7. The molecule has 0 aliphatic carbocycles. The maximum Gasteiger partial charge on any atom is -0.0443 e. The van der Waals surface area contributed by atoms with Crippen LogP contribution < -0.4 is 0 Å². The van der Waals surface area contributed by atoms with Gasteiger partial charge < -0.3 is 0 Å². The van der Waals surface area contributed by atoms with Gasteiger partial charge in [-0.2, -0.15) is 0 Å². The lowest BCUT2D eigenvalue weighted by molar-refractivity contribution is 0.418. The molecule has 35 heavy (non-hydrogen) atoms. The Morgan fingerprint density at radius 1 is 0.286 bits per heavy atom. The molecular formula is C35H72. The molecule has 0 amide bonds. The third-order valence-electron chi connectivity index (χ3n) is 8.64. The molecule has 0 aromatic rings. The Kier molecular flexibility index (Phi) is 30.2. The predicted molar refractivity (Wildman–Crippen MR) is 164 cm³/mol. The van der Waals surface area contributed by atoms with Crippen LogP contribution in [0.1, 0.15) is 214 Å². The minimum Gasteiger partial charge on any atom is -0.0654 e. The summed E-state index contributed by atoms with van der Waals surface area (Å²) in [5.41, 5.74) is 0. The summed E-state index contributed by atoms with van der Waals surface area (Å²) in [6.07, 6.45) is 42.7. The highest BCUT2D eigenvalue weighted by Crippen LogP contribution is 2.20. The minimum absolute atomic E-state index is 0.941. The van der Waals surface area contributed by atoms with Crippen molar-refractivity contribution in [1.29, 1.82) is 0 Å². The minimum atomic E-state index is 0.941. The van der Waals surface area contributed by atoms with Gasteiger partial charge in [-0.15, -0.1) is 0 Å². The highest BCUT2D eigenvalue weighted by molar-refractivity contribution is 4.57. The summed E-state index contributed by atoms with van der Waals surface area (Å²) in [5, 5.41) is 0. The van der Waals surface area contributed by atoms with Gasteiger partial charge in [0.25, 0.3) is 0 Å². The van der Waals surface area contributed by atoms with E-state index in [2.05, 4.69) is 27.7 Å². The molecule has 0 aromatic carbocycles. The number of hydrogen-bond donors (Lipinski definition) is 0. The number of unbranched alkanes of at least 4 members (excludes halogenated alkanes) is 23. The molecular weight excluding hydrogens is 420 g/mol. The van der Waals surface area contributed by atoms with Gasteiger partial charge in [0.2, 0.25) is 0 Å². The van der Waals surface area contributed by atoms with Crippen LogP contribution in [0, 0.1) is 11.8 Å². The summed E-state index contributed by atoms with van der Waals surface area (Å²) >= 11 is 0. The first-order valence-corrected chi connectivity index (χ1v) is 17.2. The van der Waals surface area contributed by atoms with Crippen LogP contribution >= 0.6 is 0 Å². The Morgan fingerprint density at radius 2 is 0.514 bits per heavy atom. The van der Waals surface area contributed by atoms with Crippen molar-refractivity contribution < 1.29 is 0 Å². The Bertz CT molecular complexity index is 359. The molecule has 0 saturated heterocycles. The summed E-state index contributed by atoms with van der Waals surface area (Å²) in [6, 6.07) is 0. The first-order valence-electron chi connectivity index (χ1n) is 17.2. The highest BCUT2D eigenvalue weighted by atomic mass is 14.1. The smallest absolute Gasteiger partial charge is 0.0443 e. The molecule has 0 fully saturated rings. The fourth-order valence-corrected chi connectivity index (χ4v) is 5.61. The van der Waals surface area contributed by atoms with Crippen LogP contribution in [-0.4, -0.2) is 0 Å². The van der Waals surface area contributed by atoms with Crippen LogP contribution in [0.2, 0.25) is 0 Å². The van der Waals surface area contributed by atoms with Crippen LogP contribution in [-0.2, 0) is 0 Å². The second-order valence-corrected chi connectivity index (χ2v) is 12.5. The number of rotatable bonds is 30. The Hall–Kier alpha value is 0. The van der Waals surface area contributed by atoms with Crippen molar-refractivity contribution in [1.82, 2.24) is 0 Å². The molecule has 0 bridgehead atoms. The Labute approximate surface area is 225 Å². The lowest BCUT2D eigenvalue weighted by Crippen LogP contribution is -1.96. The van der Waals surface area contributed by atoms with Gasteiger partial charge in [0.1, 0.15) is 0 Å². The van der Waals surface area contributed by atoms with E-state index in [0.717, 1.165) is 11.8 Å². The number of hydrogen-bond acceptors (Lipinski definition) is 0. The van der Waals surface area contributed by atoms with Crippen LogP contribution in [0.3, 0.4) is 0 Å². The third-order valence-corrected chi connectivity index (χ3v) is 8.64. The van der Waals surface area contributed by atoms with Crippen molar-refractivity contribution in [3.05, 3.63) is 0 Å². The van der Waals surface area contributed by atoms with E-state index in [-0.39, 0.29) is 0 Å². The monoisotopic (exact) mass is 493 g/mol. The zero-order chi connectivity index (χ0) is 25.7. The van der Waals surface area contributed by atoms with Crippen molar-refractivity contribution in [2.75, 3.05) is 0 Å². The summed E-state index contributed by atoms with van der Waals surface area (Å²) < 4.78 is 0. The second kappa shape index (κ2) is 30.2. The van der Waals surface area contributed by atoms with E-state index in [0.29, 0.717) is 0 Å². The fourth-order valence-electron chi connectivity index (χ4n) is 5.61. The van der Waals surface area contributed by atoms with Gasteiger partial charge in [-0.05, 0) is 11.8 Å². The third kappa shape index (κ3) is 30.1. The molecule has 0 aliphatic heterocycles. The summed E-state index contributed by atoms with van der Waals surface area (Å²) in [6.45, 7) is 9.53. The van der Waals surface area contributed by atoms with Crippen LogP contribution in [0.4, 0.5) is 0 Å². The van der Waals surface area contributed by atoms with E-state index < -0.39 is 0 Å². The molecule has 0 heteroatoms. The zero-order valence-corrected chi connectivity index (χ0v) is 25.7. The first-order chi connectivity index (χ1) is 17.2. The Balaban J connectivity index is 3.12. The van der Waals surface area contributed by atoms with Crippen molar-refractivity contribution in [3.8, 4) is 0 Å². The van der Waals surface area contributed by atoms with Gasteiger partial charge in [0.15, 0.2) is 0 Å². The molecule has 0 spiro atoms. The topological polar surface area (TPSA) is 0 Å². The lowest BCUT2D eigenvalue weighted by atomic mass is 9.94. The molecule has 0 radical (unpaired) electrons. The van der Waals surface area contributed by atoms with E-state index >= 15 is 0 Å². The molecule has 0 aromatic heterocycles. The van der Waals surface area contributed by atoms with Gasteiger partial charge in [-0.1, -0.05) is 214 Å². The maximum atomic E-state index is 2.49.